The monoisotopic (exact) mass is 310 g/mol. The smallest absolute Gasteiger partial charge is 0.246 e. The first-order chi connectivity index (χ1) is 11.2. The summed E-state index contributed by atoms with van der Waals surface area (Å²) in [7, 11) is 0. The summed E-state index contributed by atoms with van der Waals surface area (Å²) in [5, 5.41) is 0. The maximum absolute atomic E-state index is 13.2. The summed E-state index contributed by atoms with van der Waals surface area (Å²) >= 11 is 0. The predicted molar refractivity (Wildman–Crippen MR) is 85.5 cm³/mol. The van der Waals surface area contributed by atoms with Crippen molar-refractivity contribution in [3.05, 3.63) is 35.4 Å². The lowest BCUT2D eigenvalue weighted by Crippen LogP contribution is -2.65. The number of carbonyl (C=O) groups is 2. The Hall–Kier alpha value is -1.84. The molecular formula is C19H22N2O2. The number of hydrogen-bond donors (Lipinski definition) is 0. The molecular weight excluding hydrogens is 288 g/mol. The second kappa shape index (κ2) is 4.83. The first-order valence-electron chi connectivity index (χ1n) is 8.93. The van der Waals surface area contributed by atoms with Gasteiger partial charge in [-0.1, -0.05) is 37.1 Å². The van der Waals surface area contributed by atoms with Gasteiger partial charge < -0.3 is 9.80 Å². The summed E-state index contributed by atoms with van der Waals surface area (Å²) in [6, 6.07) is 8.11. The van der Waals surface area contributed by atoms with E-state index in [1.54, 1.807) is 0 Å². The highest BCUT2D eigenvalue weighted by molar-refractivity contribution is 5.98. The summed E-state index contributed by atoms with van der Waals surface area (Å²) in [5.41, 5.74) is 2.43. The minimum absolute atomic E-state index is 0.183. The Labute approximate surface area is 136 Å². The lowest BCUT2D eigenvalue weighted by Gasteiger charge is -2.47. The molecule has 2 saturated heterocycles. The largest absolute Gasteiger partial charge is 0.326 e. The molecule has 4 heteroatoms. The maximum Gasteiger partial charge on any atom is 0.246 e. The third kappa shape index (κ3) is 1.84. The van der Waals surface area contributed by atoms with E-state index in [9.17, 15) is 9.59 Å². The highest BCUT2D eigenvalue weighted by Crippen LogP contribution is 2.44. The van der Waals surface area contributed by atoms with Crippen molar-refractivity contribution in [3.63, 3.8) is 0 Å². The zero-order valence-electron chi connectivity index (χ0n) is 13.3. The standard InChI is InChI=1S/C19H22N2O2/c22-18-17-10-13-6-3-4-8-15(13)21(17)19(23)16-9-12-5-1-2-7-14(12)11-20(16)18/h1-2,5,7,13,15-17H,3-4,6,8-11H2/t13-,15-,16-,17-/m0/s1. The molecule has 3 fully saturated rings. The molecule has 3 heterocycles. The van der Waals surface area contributed by atoms with Gasteiger partial charge in [0.15, 0.2) is 0 Å². The fourth-order valence-corrected chi connectivity index (χ4v) is 5.34. The van der Waals surface area contributed by atoms with Gasteiger partial charge in [-0.2, -0.15) is 0 Å². The molecule has 0 bridgehead atoms. The van der Waals surface area contributed by atoms with Crippen molar-refractivity contribution in [1.82, 2.24) is 9.80 Å². The van der Waals surface area contributed by atoms with E-state index in [1.165, 1.54) is 30.4 Å². The molecule has 0 unspecified atom stereocenters. The van der Waals surface area contributed by atoms with Crippen molar-refractivity contribution >= 4 is 11.8 Å². The van der Waals surface area contributed by atoms with Crippen LogP contribution in [0.25, 0.3) is 0 Å². The Morgan fingerprint density at radius 2 is 1.70 bits per heavy atom. The van der Waals surface area contributed by atoms with Crippen molar-refractivity contribution in [2.24, 2.45) is 5.92 Å². The van der Waals surface area contributed by atoms with Gasteiger partial charge in [-0.25, -0.2) is 0 Å². The molecule has 1 aliphatic carbocycles. The van der Waals surface area contributed by atoms with Gasteiger partial charge in [0.25, 0.3) is 0 Å². The Morgan fingerprint density at radius 3 is 2.57 bits per heavy atom. The lowest BCUT2D eigenvalue weighted by molar-refractivity contribution is -0.163. The number of hydrogen-bond acceptors (Lipinski definition) is 2. The molecule has 1 saturated carbocycles. The number of fused-ring (bicyclic) bond motifs is 5. The Balaban J connectivity index is 1.52. The van der Waals surface area contributed by atoms with Crippen LogP contribution in [0, 0.1) is 5.92 Å². The minimum atomic E-state index is -0.269. The van der Waals surface area contributed by atoms with E-state index in [0.717, 1.165) is 12.8 Å². The molecule has 120 valence electrons. The Morgan fingerprint density at radius 1 is 0.913 bits per heavy atom. The quantitative estimate of drug-likeness (QED) is 0.736. The van der Waals surface area contributed by atoms with Gasteiger partial charge in [-0.3, -0.25) is 9.59 Å². The molecule has 3 aliphatic heterocycles. The van der Waals surface area contributed by atoms with E-state index in [4.69, 9.17) is 0 Å². The number of benzene rings is 1. The first kappa shape index (κ1) is 13.6. The van der Waals surface area contributed by atoms with Crippen LogP contribution in [0.5, 0.6) is 0 Å². The topological polar surface area (TPSA) is 40.6 Å². The highest BCUT2D eigenvalue weighted by Gasteiger charge is 2.55. The fraction of sp³-hybridized carbons (Fsp3) is 0.579. The summed E-state index contributed by atoms with van der Waals surface area (Å²) in [6.07, 6.45) is 6.29. The molecule has 1 aromatic rings. The molecule has 4 atom stereocenters. The van der Waals surface area contributed by atoms with E-state index in [-0.39, 0.29) is 23.9 Å². The third-order valence-corrected chi connectivity index (χ3v) is 6.44. The SMILES string of the molecule is O=C1[C@@H]2C[C@@H]3CCCC[C@@H]3N2C(=O)[C@@H]2Cc3ccccc3CN12. The second-order valence-corrected chi connectivity index (χ2v) is 7.56. The van der Waals surface area contributed by atoms with E-state index >= 15 is 0 Å². The molecule has 2 amide bonds. The summed E-state index contributed by atoms with van der Waals surface area (Å²) < 4.78 is 0. The van der Waals surface area contributed by atoms with Gasteiger partial charge in [0, 0.05) is 19.0 Å². The minimum Gasteiger partial charge on any atom is -0.326 e. The number of nitrogens with zero attached hydrogens (tertiary/aromatic N) is 2. The zero-order chi connectivity index (χ0) is 15.6. The van der Waals surface area contributed by atoms with Gasteiger partial charge in [-0.15, -0.1) is 0 Å². The lowest BCUT2D eigenvalue weighted by atomic mass is 9.85. The van der Waals surface area contributed by atoms with E-state index < -0.39 is 0 Å². The maximum atomic E-state index is 13.2. The Kier molecular flexibility index (Phi) is 2.85. The molecule has 4 nitrogen and oxygen atoms in total. The van der Waals surface area contributed by atoms with Crippen molar-refractivity contribution < 1.29 is 9.59 Å². The summed E-state index contributed by atoms with van der Waals surface area (Å²) in [6.45, 7) is 0.602. The van der Waals surface area contributed by atoms with Crippen LogP contribution in [0.15, 0.2) is 24.3 Å². The van der Waals surface area contributed by atoms with Gasteiger partial charge in [0.1, 0.15) is 12.1 Å². The Bertz CT molecular complexity index is 686. The van der Waals surface area contributed by atoms with E-state index in [1.807, 2.05) is 21.9 Å². The summed E-state index contributed by atoms with van der Waals surface area (Å²) in [4.78, 5) is 30.1. The zero-order valence-corrected chi connectivity index (χ0v) is 13.3. The van der Waals surface area contributed by atoms with Crippen LogP contribution in [0.3, 0.4) is 0 Å². The van der Waals surface area contributed by atoms with Crippen molar-refractivity contribution in [2.75, 3.05) is 0 Å². The van der Waals surface area contributed by atoms with Crippen molar-refractivity contribution in [2.45, 2.75) is 63.2 Å². The van der Waals surface area contributed by atoms with Gasteiger partial charge >= 0.3 is 0 Å². The first-order valence-corrected chi connectivity index (χ1v) is 8.93. The highest BCUT2D eigenvalue weighted by atomic mass is 16.2. The molecule has 0 N–H and O–H groups in total. The van der Waals surface area contributed by atoms with Crippen LogP contribution >= 0.6 is 0 Å². The predicted octanol–water partition coefficient (Wildman–Crippen LogP) is 2.11. The molecule has 0 spiro atoms. The third-order valence-electron chi connectivity index (χ3n) is 6.44. The van der Waals surface area contributed by atoms with Crippen molar-refractivity contribution in [1.29, 1.82) is 0 Å². The summed E-state index contributed by atoms with van der Waals surface area (Å²) in [5.74, 6) is 0.947. The van der Waals surface area contributed by atoms with Crippen LogP contribution in [0.1, 0.15) is 43.2 Å². The molecule has 5 rings (SSSR count). The fourth-order valence-electron chi connectivity index (χ4n) is 5.34. The number of rotatable bonds is 0. The number of carbonyl (C=O) groups excluding carboxylic acids is 2. The molecule has 1 aromatic carbocycles. The van der Waals surface area contributed by atoms with Crippen LogP contribution < -0.4 is 0 Å². The van der Waals surface area contributed by atoms with Gasteiger partial charge in [-0.05, 0) is 36.3 Å². The van der Waals surface area contributed by atoms with Crippen LogP contribution in [0.4, 0.5) is 0 Å². The van der Waals surface area contributed by atoms with E-state index in [0.29, 0.717) is 24.9 Å². The normalized spacial score (nSPS) is 35.5. The average Bonchev–Trinajstić information content (AvgIpc) is 2.98. The average molecular weight is 310 g/mol. The van der Waals surface area contributed by atoms with E-state index in [2.05, 4.69) is 12.1 Å². The van der Waals surface area contributed by atoms with Crippen LogP contribution in [-0.4, -0.2) is 39.7 Å². The van der Waals surface area contributed by atoms with Crippen molar-refractivity contribution in [3.8, 4) is 0 Å². The van der Waals surface area contributed by atoms with Gasteiger partial charge in [0.05, 0.1) is 0 Å². The second-order valence-electron chi connectivity index (χ2n) is 7.56. The number of amides is 2. The van der Waals surface area contributed by atoms with Crippen LogP contribution in [-0.2, 0) is 22.6 Å². The number of piperazine rings is 1. The molecule has 23 heavy (non-hydrogen) atoms. The molecule has 0 radical (unpaired) electrons. The van der Waals surface area contributed by atoms with Crippen LogP contribution in [0.2, 0.25) is 0 Å². The molecule has 4 aliphatic rings. The molecule has 0 aromatic heterocycles. The van der Waals surface area contributed by atoms with Gasteiger partial charge in [0.2, 0.25) is 11.8 Å².